The summed E-state index contributed by atoms with van der Waals surface area (Å²) in [4.78, 5) is 0. The quantitative estimate of drug-likeness (QED) is 0.743. The van der Waals surface area contributed by atoms with Crippen LogP contribution in [0.1, 0.15) is 43.6 Å². The number of nitrogens with one attached hydrogen (secondary N) is 1. The van der Waals surface area contributed by atoms with Gasteiger partial charge in [0.1, 0.15) is 6.73 Å². The lowest BCUT2D eigenvalue weighted by molar-refractivity contribution is 0.325. The summed E-state index contributed by atoms with van der Waals surface area (Å²) in [5.41, 5.74) is 2.45. The first kappa shape index (κ1) is 10.5. The molecule has 0 bridgehead atoms. The average molecular weight is 205 g/mol. The Labute approximate surface area is 91.3 Å². The third-order valence-corrected chi connectivity index (χ3v) is 3.27. The molecule has 0 aliphatic heterocycles. The molecule has 0 spiro atoms. The van der Waals surface area contributed by atoms with Gasteiger partial charge in [-0.25, -0.2) is 0 Å². The van der Waals surface area contributed by atoms with Crippen LogP contribution in [0, 0.1) is 0 Å². The van der Waals surface area contributed by atoms with Crippen molar-refractivity contribution in [2.24, 2.45) is 0 Å². The summed E-state index contributed by atoms with van der Waals surface area (Å²) in [6.45, 7) is 0.00275. The maximum absolute atomic E-state index is 8.73. The van der Waals surface area contributed by atoms with Gasteiger partial charge < -0.3 is 10.4 Å². The Hall–Kier alpha value is -1.02. The first-order valence-corrected chi connectivity index (χ1v) is 5.85. The van der Waals surface area contributed by atoms with E-state index < -0.39 is 0 Å². The normalized spacial score (nSPS) is 17.7. The molecule has 1 saturated carbocycles. The molecule has 1 aliphatic carbocycles. The summed E-state index contributed by atoms with van der Waals surface area (Å²) < 4.78 is 0. The van der Waals surface area contributed by atoms with E-state index in [4.69, 9.17) is 5.11 Å². The molecule has 2 N–H and O–H groups in total. The minimum absolute atomic E-state index is 0.00275. The zero-order valence-electron chi connectivity index (χ0n) is 9.08. The first-order valence-electron chi connectivity index (χ1n) is 5.85. The Morgan fingerprint density at radius 2 is 1.73 bits per heavy atom. The van der Waals surface area contributed by atoms with Crippen molar-refractivity contribution in [2.75, 3.05) is 12.0 Å². The number of anilines is 1. The van der Waals surface area contributed by atoms with Gasteiger partial charge in [0.2, 0.25) is 0 Å². The van der Waals surface area contributed by atoms with E-state index in [-0.39, 0.29) is 6.73 Å². The smallest absolute Gasteiger partial charge is 0.113 e. The van der Waals surface area contributed by atoms with E-state index >= 15 is 0 Å². The van der Waals surface area contributed by atoms with Gasteiger partial charge in [0, 0.05) is 5.69 Å². The van der Waals surface area contributed by atoms with E-state index in [1.165, 1.54) is 37.7 Å². The number of aliphatic hydroxyl groups excluding tert-OH is 1. The van der Waals surface area contributed by atoms with Crippen LogP contribution in [0.25, 0.3) is 0 Å². The van der Waals surface area contributed by atoms with Gasteiger partial charge >= 0.3 is 0 Å². The van der Waals surface area contributed by atoms with Crippen LogP contribution >= 0.6 is 0 Å². The number of hydrogen-bond donors (Lipinski definition) is 2. The third-order valence-electron chi connectivity index (χ3n) is 3.27. The van der Waals surface area contributed by atoms with Crippen molar-refractivity contribution >= 4 is 5.69 Å². The Bertz CT molecular complexity index is 288. The second kappa shape index (κ2) is 5.17. The molecule has 1 aliphatic rings. The molecule has 82 valence electrons. The largest absolute Gasteiger partial charge is 0.377 e. The lowest BCUT2D eigenvalue weighted by atomic mass is 9.84. The lowest BCUT2D eigenvalue weighted by Gasteiger charge is -2.22. The molecular weight excluding hydrogens is 186 g/mol. The Morgan fingerprint density at radius 3 is 2.33 bits per heavy atom. The van der Waals surface area contributed by atoms with Crippen molar-refractivity contribution in [3.63, 3.8) is 0 Å². The van der Waals surface area contributed by atoms with Crippen molar-refractivity contribution in [1.82, 2.24) is 0 Å². The summed E-state index contributed by atoms with van der Waals surface area (Å²) in [5, 5.41) is 11.6. The second-order valence-electron chi connectivity index (χ2n) is 4.29. The van der Waals surface area contributed by atoms with Crippen LogP contribution in [0.15, 0.2) is 24.3 Å². The zero-order chi connectivity index (χ0) is 10.5. The zero-order valence-corrected chi connectivity index (χ0v) is 9.08. The molecular formula is C13H19NO. The average Bonchev–Trinajstić information content (AvgIpc) is 2.32. The summed E-state index contributed by atoms with van der Waals surface area (Å²) in [7, 11) is 0. The monoisotopic (exact) mass is 205 g/mol. The van der Waals surface area contributed by atoms with Gasteiger partial charge in [-0.2, -0.15) is 0 Å². The molecule has 1 fully saturated rings. The molecule has 0 heterocycles. The molecule has 1 aromatic rings. The minimum atomic E-state index is 0.00275. The highest BCUT2D eigenvalue weighted by atomic mass is 16.3. The van der Waals surface area contributed by atoms with Crippen LogP contribution in [-0.4, -0.2) is 11.8 Å². The van der Waals surface area contributed by atoms with Crippen LogP contribution in [0.3, 0.4) is 0 Å². The number of rotatable bonds is 3. The fraction of sp³-hybridized carbons (Fsp3) is 0.538. The molecule has 0 atom stereocenters. The van der Waals surface area contributed by atoms with Gasteiger partial charge in [-0.1, -0.05) is 31.4 Å². The van der Waals surface area contributed by atoms with Gasteiger partial charge in [-0.05, 0) is 36.5 Å². The SMILES string of the molecule is OCNc1ccc(C2CCCCC2)cc1. The van der Waals surface area contributed by atoms with Crippen LogP contribution in [0.5, 0.6) is 0 Å². The molecule has 2 heteroatoms. The van der Waals surface area contributed by atoms with Gasteiger partial charge in [-0.3, -0.25) is 0 Å². The van der Waals surface area contributed by atoms with Gasteiger partial charge in [0.05, 0.1) is 0 Å². The van der Waals surface area contributed by atoms with E-state index in [9.17, 15) is 0 Å². The fourth-order valence-electron chi connectivity index (χ4n) is 2.40. The molecule has 15 heavy (non-hydrogen) atoms. The van der Waals surface area contributed by atoms with Crippen LogP contribution in [0.2, 0.25) is 0 Å². The van der Waals surface area contributed by atoms with Crippen molar-refractivity contribution in [3.05, 3.63) is 29.8 Å². The molecule has 2 nitrogen and oxygen atoms in total. The van der Waals surface area contributed by atoms with Crippen molar-refractivity contribution in [2.45, 2.75) is 38.0 Å². The summed E-state index contributed by atoms with van der Waals surface area (Å²) in [6.07, 6.45) is 6.84. The minimum Gasteiger partial charge on any atom is -0.377 e. The maximum Gasteiger partial charge on any atom is 0.113 e. The fourth-order valence-corrected chi connectivity index (χ4v) is 2.40. The number of hydrogen-bond acceptors (Lipinski definition) is 2. The third kappa shape index (κ3) is 2.72. The van der Waals surface area contributed by atoms with Crippen molar-refractivity contribution < 1.29 is 5.11 Å². The van der Waals surface area contributed by atoms with Crippen LogP contribution in [0.4, 0.5) is 5.69 Å². The summed E-state index contributed by atoms with van der Waals surface area (Å²) in [5.74, 6) is 0.766. The van der Waals surface area contributed by atoms with Crippen molar-refractivity contribution in [3.8, 4) is 0 Å². The highest BCUT2D eigenvalue weighted by Gasteiger charge is 2.14. The topological polar surface area (TPSA) is 32.3 Å². The molecule has 0 unspecified atom stereocenters. The van der Waals surface area contributed by atoms with E-state index in [1.807, 2.05) is 0 Å². The lowest BCUT2D eigenvalue weighted by Crippen LogP contribution is -2.05. The highest BCUT2D eigenvalue weighted by Crippen LogP contribution is 2.32. The molecule has 0 saturated heterocycles. The number of benzene rings is 1. The van der Waals surface area contributed by atoms with Gasteiger partial charge in [-0.15, -0.1) is 0 Å². The van der Waals surface area contributed by atoms with Crippen LogP contribution in [-0.2, 0) is 0 Å². The van der Waals surface area contributed by atoms with Gasteiger partial charge in [0.15, 0.2) is 0 Å². The molecule has 2 rings (SSSR count). The Balaban J connectivity index is 2.02. The predicted molar refractivity (Wildman–Crippen MR) is 63.0 cm³/mol. The number of aliphatic hydroxyl groups is 1. The van der Waals surface area contributed by atoms with Crippen LogP contribution < -0.4 is 5.32 Å². The van der Waals surface area contributed by atoms with E-state index in [0.717, 1.165) is 11.6 Å². The van der Waals surface area contributed by atoms with E-state index in [1.54, 1.807) is 0 Å². The van der Waals surface area contributed by atoms with Crippen molar-refractivity contribution in [1.29, 1.82) is 0 Å². The van der Waals surface area contributed by atoms with E-state index in [2.05, 4.69) is 29.6 Å². The Kier molecular flexibility index (Phi) is 3.62. The Morgan fingerprint density at radius 1 is 1.07 bits per heavy atom. The maximum atomic E-state index is 8.73. The molecule has 0 aromatic heterocycles. The second-order valence-corrected chi connectivity index (χ2v) is 4.29. The molecule has 1 aromatic carbocycles. The molecule has 0 amide bonds. The highest BCUT2D eigenvalue weighted by molar-refractivity contribution is 5.44. The van der Waals surface area contributed by atoms with Gasteiger partial charge in [0.25, 0.3) is 0 Å². The first-order chi connectivity index (χ1) is 7.40. The predicted octanol–water partition coefficient (Wildman–Crippen LogP) is 3.10. The standard InChI is InChI=1S/C13H19NO/c15-10-14-13-8-6-12(7-9-13)11-4-2-1-3-5-11/h6-9,11,14-15H,1-5,10H2. The summed E-state index contributed by atoms with van der Waals surface area (Å²) >= 11 is 0. The van der Waals surface area contributed by atoms with E-state index in [0.29, 0.717) is 0 Å². The molecule has 0 radical (unpaired) electrons. The summed E-state index contributed by atoms with van der Waals surface area (Å²) in [6, 6.07) is 8.49.